The number of aliphatic hydroxyl groups is 1. The molecule has 8 nitrogen and oxygen atoms in total. The molecule has 0 atom stereocenters. The van der Waals surface area contributed by atoms with Crippen LogP contribution in [0.4, 0.5) is 5.69 Å². The second-order valence-electron chi connectivity index (χ2n) is 11.5. The molecule has 0 spiro atoms. The summed E-state index contributed by atoms with van der Waals surface area (Å²) in [4.78, 5) is 28.8. The van der Waals surface area contributed by atoms with Crippen molar-refractivity contribution in [3.05, 3.63) is 94.8 Å². The van der Waals surface area contributed by atoms with E-state index in [0.29, 0.717) is 43.1 Å². The first kappa shape index (κ1) is 31.6. The fourth-order valence-corrected chi connectivity index (χ4v) is 6.32. The Balaban J connectivity index is 1.23. The van der Waals surface area contributed by atoms with Crippen LogP contribution in [0.15, 0.2) is 78.0 Å². The highest BCUT2D eigenvalue weighted by Crippen LogP contribution is 2.42. The van der Waals surface area contributed by atoms with Gasteiger partial charge in [0.2, 0.25) is 5.91 Å². The van der Waals surface area contributed by atoms with E-state index in [4.69, 9.17) is 16.3 Å². The first-order valence-corrected chi connectivity index (χ1v) is 16.0. The van der Waals surface area contributed by atoms with Gasteiger partial charge < -0.3 is 20.1 Å². The van der Waals surface area contributed by atoms with Crippen LogP contribution in [0.25, 0.3) is 11.1 Å². The molecule has 0 aliphatic carbocycles. The molecule has 2 heterocycles. The van der Waals surface area contributed by atoms with Gasteiger partial charge in [0.25, 0.3) is 5.91 Å². The van der Waals surface area contributed by atoms with Crippen molar-refractivity contribution in [3.63, 3.8) is 0 Å². The summed E-state index contributed by atoms with van der Waals surface area (Å²) in [6.45, 7) is 6.99. The molecule has 4 aromatic rings. The summed E-state index contributed by atoms with van der Waals surface area (Å²) < 4.78 is 7.74. The van der Waals surface area contributed by atoms with Crippen molar-refractivity contribution < 1.29 is 19.4 Å². The molecule has 0 unspecified atom stereocenters. The molecule has 0 saturated carbocycles. The van der Waals surface area contributed by atoms with Gasteiger partial charge >= 0.3 is 0 Å². The Morgan fingerprint density at radius 2 is 1.93 bits per heavy atom. The Bertz CT molecular complexity index is 1650. The summed E-state index contributed by atoms with van der Waals surface area (Å²) in [5.41, 5.74) is 4.31. The average Bonchev–Trinajstić information content (AvgIpc) is 3.47. The van der Waals surface area contributed by atoms with E-state index in [-0.39, 0.29) is 18.4 Å². The predicted octanol–water partition coefficient (Wildman–Crippen LogP) is 6.36. The second-order valence-corrected chi connectivity index (χ2v) is 13.0. The van der Waals surface area contributed by atoms with Gasteiger partial charge in [-0.25, -0.2) is 0 Å². The topological polar surface area (TPSA) is 96.7 Å². The highest BCUT2D eigenvalue weighted by atomic mass is 35.5. The lowest BCUT2D eigenvalue weighted by Crippen LogP contribution is -2.38. The molecule has 1 aromatic heterocycles. The summed E-state index contributed by atoms with van der Waals surface area (Å²) in [6.07, 6.45) is 4.83. The number of rotatable bonds is 11. The van der Waals surface area contributed by atoms with Gasteiger partial charge in [-0.2, -0.15) is 5.10 Å². The van der Waals surface area contributed by atoms with Crippen LogP contribution >= 0.6 is 23.4 Å². The number of hydrogen-bond donors (Lipinski definition) is 2. The number of anilines is 1. The minimum Gasteiger partial charge on any atom is -0.493 e. The van der Waals surface area contributed by atoms with E-state index in [9.17, 15) is 14.7 Å². The van der Waals surface area contributed by atoms with Crippen LogP contribution in [-0.4, -0.2) is 57.8 Å². The molecule has 0 bridgehead atoms. The normalized spacial score (nSPS) is 13.0. The van der Waals surface area contributed by atoms with E-state index >= 15 is 0 Å². The first-order chi connectivity index (χ1) is 21.1. The van der Waals surface area contributed by atoms with Crippen molar-refractivity contribution in [1.29, 1.82) is 0 Å². The van der Waals surface area contributed by atoms with E-state index < -0.39 is 5.60 Å². The molecule has 10 heteroatoms. The van der Waals surface area contributed by atoms with Crippen LogP contribution in [0.2, 0.25) is 5.02 Å². The Hall–Kier alpha value is -3.79. The molecular formula is C34H37ClN4O4S. The summed E-state index contributed by atoms with van der Waals surface area (Å²) in [7, 11) is 0. The van der Waals surface area contributed by atoms with Crippen molar-refractivity contribution in [2.24, 2.45) is 0 Å². The van der Waals surface area contributed by atoms with E-state index in [1.807, 2.05) is 77.4 Å². The Labute approximate surface area is 267 Å². The Morgan fingerprint density at radius 1 is 1.14 bits per heavy atom. The number of ether oxygens (including phenoxy) is 1. The van der Waals surface area contributed by atoms with Gasteiger partial charge in [0.1, 0.15) is 5.75 Å². The lowest BCUT2D eigenvalue weighted by molar-refractivity contribution is -0.118. The zero-order chi connectivity index (χ0) is 31.3. The maximum atomic E-state index is 13.3. The van der Waals surface area contributed by atoms with Crippen molar-refractivity contribution >= 4 is 40.9 Å². The number of carbonyl (C=O) groups is 2. The lowest BCUT2D eigenvalue weighted by atomic mass is 10.1. The summed E-state index contributed by atoms with van der Waals surface area (Å²) in [5, 5.41) is 17.9. The van der Waals surface area contributed by atoms with Gasteiger partial charge in [-0.05, 0) is 63.1 Å². The number of hydrogen-bond acceptors (Lipinski definition) is 6. The number of nitrogens with zero attached hydrogens (tertiary/aromatic N) is 3. The molecular weight excluding hydrogens is 596 g/mol. The molecule has 3 aromatic carbocycles. The summed E-state index contributed by atoms with van der Waals surface area (Å²) in [6, 6.07) is 19.0. The molecule has 2 N–H and O–H groups in total. The van der Waals surface area contributed by atoms with Gasteiger partial charge in [0.15, 0.2) is 0 Å². The number of fused-ring (bicyclic) bond motifs is 1. The fourth-order valence-electron chi connectivity index (χ4n) is 5.01. The molecule has 2 amide bonds. The minimum atomic E-state index is -0.982. The zero-order valence-corrected chi connectivity index (χ0v) is 26.8. The summed E-state index contributed by atoms with van der Waals surface area (Å²) >= 11 is 7.94. The maximum Gasteiger partial charge on any atom is 0.251 e. The number of amides is 2. The third kappa shape index (κ3) is 7.83. The molecule has 0 radical (unpaired) electrons. The molecule has 44 heavy (non-hydrogen) atoms. The molecule has 5 rings (SSSR count). The van der Waals surface area contributed by atoms with Gasteiger partial charge in [0, 0.05) is 63.6 Å². The molecule has 0 fully saturated rings. The Kier molecular flexibility index (Phi) is 9.98. The van der Waals surface area contributed by atoms with Crippen molar-refractivity contribution in [1.82, 2.24) is 15.1 Å². The third-order valence-electron chi connectivity index (χ3n) is 7.32. The molecule has 0 saturated heterocycles. The van der Waals surface area contributed by atoms with Gasteiger partial charge in [0.05, 0.1) is 30.6 Å². The lowest BCUT2D eigenvalue weighted by Gasteiger charge is -2.30. The van der Waals surface area contributed by atoms with Crippen LogP contribution < -0.4 is 15.0 Å². The maximum absolute atomic E-state index is 13.3. The number of nitrogens with one attached hydrogen (secondary N) is 1. The molecule has 230 valence electrons. The zero-order valence-electron chi connectivity index (χ0n) is 25.2. The minimum absolute atomic E-state index is 0.0808. The summed E-state index contributed by atoms with van der Waals surface area (Å²) in [5.74, 6) is 1.41. The number of halogens is 1. The van der Waals surface area contributed by atoms with E-state index in [2.05, 4.69) is 16.5 Å². The fraction of sp³-hybridized carbons (Fsp3) is 0.324. The first-order valence-electron chi connectivity index (χ1n) is 14.7. The van der Waals surface area contributed by atoms with Crippen LogP contribution in [0.3, 0.4) is 0 Å². The number of aromatic nitrogens is 2. The van der Waals surface area contributed by atoms with Crippen LogP contribution in [-0.2, 0) is 11.3 Å². The van der Waals surface area contributed by atoms with E-state index in [0.717, 1.165) is 44.3 Å². The predicted molar refractivity (Wildman–Crippen MR) is 176 cm³/mol. The molecule has 1 aliphatic rings. The highest BCUT2D eigenvalue weighted by molar-refractivity contribution is 7.99. The van der Waals surface area contributed by atoms with Crippen molar-refractivity contribution in [2.45, 2.75) is 50.7 Å². The van der Waals surface area contributed by atoms with Gasteiger partial charge in [-0.3, -0.25) is 14.3 Å². The van der Waals surface area contributed by atoms with E-state index in [1.54, 1.807) is 31.7 Å². The third-order valence-corrected chi connectivity index (χ3v) is 8.83. The van der Waals surface area contributed by atoms with Crippen molar-refractivity contribution in [2.75, 3.05) is 30.3 Å². The quantitative estimate of drug-likeness (QED) is 0.187. The van der Waals surface area contributed by atoms with Crippen LogP contribution in [0.1, 0.15) is 48.2 Å². The highest BCUT2D eigenvalue weighted by Gasteiger charge is 2.25. The van der Waals surface area contributed by atoms with E-state index in [1.165, 1.54) is 0 Å². The second kappa shape index (κ2) is 13.9. The smallest absolute Gasteiger partial charge is 0.251 e. The largest absolute Gasteiger partial charge is 0.493 e. The van der Waals surface area contributed by atoms with Crippen LogP contribution in [0.5, 0.6) is 5.75 Å². The molecule has 1 aliphatic heterocycles. The Morgan fingerprint density at radius 3 is 2.75 bits per heavy atom. The SMILES string of the molecule is Cc1c(Cl)cccc1OCCCC(=O)N1CCSc2c(-c3cnn(Cc4cccc(C(=O)NCC(C)(C)O)c4)c3)cccc21. The van der Waals surface area contributed by atoms with Gasteiger partial charge in [-0.1, -0.05) is 41.9 Å². The average molecular weight is 633 g/mol. The number of carbonyl (C=O) groups excluding carboxylic acids is 2. The van der Waals surface area contributed by atoms with Crippen molar-refractivity contribution in [3.8, 4) is 16.9 Å². The standard InChI is InChI=1S/C34H37ClN4O4S/c1-23-28(35)11-6-13-30(23)43-16-7-14-31(40)39-15-17-44-32-27(10-5-12-29(32)39)26-19-37-38(21-26)20-24-8-4-9-25(18-24)33(41)36-22-34(2,3)42/h4-6,8-13,18-19,21,42H,7,14-17,20,22H2,1-3H3,(H,36,41). The number of benzene rings is 3. The van der Waals surface area contributed by atoms with Crippen LogP contribution in [0, 0.1) is 6.92 Å². The van der Waals surface area contributed by atoms with Gasteiger partial charge in [-0.15, -0.1) is 11.8 Å². The number of thioether (sulfide) groups is 1. The monoisotopic (exact) mass is 632 g/mol.